The van der Waals surface area contributed by atoms with E-state index in [1.807, 2.05) is 12.3 Å². The molecular formula is C13H14ClN. The summed E-state index contributed by atoms with van der Waals surface area (Å²) in [5.41, 5.74) is 1.36. The normalized spacial score (nSPS) is 13.0. The Morgan fingerprint density at radius 3 is 2.93 bits per heavy atom. The first-order valence-corrected chi connectivity index (χ1v) is 5.64. The summed E-state index contributed by atoms with van der Waals surface area (Å²) in [6.07, 6.45) is 3.01. The zero-order valence-corrected chi connectivity index (χ0v) is 9.75. The van der Waals surface area contributed by atoms with E-state index in [9.17, 15) is 0 Å². The molecule has 2 aromatic rings. The molecule has 0 saturated carbocycles. The Morgan fingerprint density at radius 2 is 2.20 bits per heavy atom. The standard InChI is InChI=1S/C13H14ClN/c1-3-9(2)11-6-4-5-10-7-13(14)15-8-12(10)11/h4-9H,3H2,1-2H3. The van der Waals surface area contributed by atoms with Crippen LogP contribution < -0.4 is 0 Å². The van der Waals surface area contributed by atoms with Crippen LogP contribution in [0, 0.1) is 0 Å². The van der Waals surface area contributed by atoms with Gasteiger partial charge in [-0.2, -0.15) is 0 Å². The number of benzene rings is 1. The van der Waals surface area contributed by atoms with Crippen LogP contribution >= 0.6 is 11.6 Å². The van der Waals surface area contributed by atoms with Gasteiger partial charge in [0.05, 0.1) is 0 Å². The van der Waals surface area contributed by atoms with E-state index >= 15 is 0 Å². The molecule has 0 radical (unpaired) electrons. The van der Waals surface area contributed by atoms with Crippen molar-refractivity contribution < 1.29 is 0 Å². The first-order chi connectivity index (χ1) is 7.22. The second-order valence-electron chi connectivity index (χ2n) is 3.88. The monoisotopic (exact) mass is 219 g/mol. The fourth-order valence-corrected chi connectivity index (χ4v) is 1.98. The fourth-order valence-electron chi connectivity index (χ4n) is 1.82. The minimum absolute atomic E-state index is 0.559. The van der Waals surface area contributed by atoms with E-state index < -0.39 is 0 Å². The summed E-state index contributed by atoms with van der Waals surface area (Å²) >= 11 is 5.87. The molecule has 0 bridgehead atoms. The van der Waals surface area contributed by atoms with Crippen molar-refractivity contribution in [3.8, 4) is 0 Å². The van der Waals surface area contributed by atoms with Gasteiger partial charge in [0.1, 0.15) is 5.15 Å². The Morgan fingerprint density at radius 1 is 1.40 bits per heavy atom. The van der Waals surface area contributed by atoms with Crippen molar-refractivity contribution >= 4 is 22.4 Å². The van der Waals surface area contributed by atoms with E-state index in [1.165, 1.54) is 16.3 Å². The van der Waals surface area contributed by atoms with Crippen LogP contribution in [-0.2, 0) is 0 Å². The second-order valence-corrected chi connectivity index (χ2v) is 4.27. The second kappa shape index (κ2) is 4.19. The van der Waals surface area contributed by atoms with Crippen LogP contribution in [0.1, 0.15) is 31.7 Å². The predicted octanol–water partition coefficient (Wildman–Crippen LogP) is 4.40. The van der Waals surface area contributed by atoms with Gasteiger partial charge in [-0.1, -0.05) is 43.6 Å². The third kappa shape index (κ3) is 1.98. The van der Waals surface area contributed by atoms with Gasteiger partial charge in [-0.05, 0) is 29.4 Å². The molecule has 0 aliphatic carbocycles. The Balaban J connectivity index is 2.66. The number of halogens is 1. The first-order valence-electron chi connectivity index (χ1n) is 5.26. The third-order valence-corrected chi connectivity index (χ3v) is 3.12. The number of nitrogens with zero attached hydrogens (tertiary/aromatic N) is 1. The highest BCUT2D eigenvalue weighted by atomic mass is 35.5. The van der Waals surface area contributed by atoms with Gasteiger partial charge >= 0.3 is 0 Å². The summed E-state index contributed by atoms with van der Waals surface area (Å²) in [7, 11) is 0. The molecule has 1 heterocycles. The zero-order valence-electron chi connectivity index (χ0n) is 9.00. The molecule has 78 valence electrons. The van der Waals surface area contributed by atoms with Crippen molar-refractivity contribution in [1.82, 2.24) is 4.98 Å². The summed E-state index contributed by atoms with van der Waals surface area (Å²) in [4.78, 5) is 4.15. The number of hydrogen-bond donors (Lipinski definition) is 0. The SMILES string of the molecule is CCC(C)c1cccc2cc(Cl)ncc12. The van der Waals surface area contributed by atoms with Gasteiger partial charge in [0.15, 0.2) is 0 Å². The van der Waals surface area contributed by atoms with Crippen LogP contribution in [0.15, 0.2) is 30.5 Å². The van der Waals surface area contributed by atoms with Crippen molar-refractivity contribution in [2.75, 3.05) is 0 Å². The van der Waals surface area contributed by atoms with Gasteiger partial charge in [-0.3, -0.25) is 0 Å². The van der Waals surface area contributed by atoms with E-state index in [4.69, 9.17) is 11.6 Å². The molecule has 0 aliphatic heterocycles. The Kier molecular flexibility index (Phi) is 2.92. The number of aromatic nitrogens is 1. The van der Waals surface area contributed by atoms with Gasteiger partial charge in [0.2, 0.25) is 0 Å². The maximum absolute atomic E-state index is 5.87. The molecule has 0 amide bonds. The van der Waals surface area contributed by atoms with Crippen LogP contribution in [0.4, 0.5) is 0 Å². The summed E-state index contributed by atoms with van der Waals surface area (Å²) in [6, 6.07) is 8.25. The highest BCUT2D eigenvalue weighted by Gasteiger charge is 2.07. The molecular weight excluding hydrogens is 206 g/mol. The van der Waals surface area contributed by atoms with Gasteiger partial charge in [-0.25, -0.2) is 4.98 Å². The minimum atomic E-state index is 0.559. The lowest BCUT2D eigenvalue weighted by Gasteiger charge is -2.12. The molecule has 1 aromatic heterocycles. The number of fused-ring (bicyclic) bond motifs is 1. The van der Waals surface area contributed by atoms with E-state index in [0.717, 1.165) is 6.42 Å². The van der Waals surface area contributed by atoms with Crippen LogP contribution in [0.2, 0.25) is 5.15 Å². The third-order valence-electron chi connectivity index (χ3n) is 2.91. The van der Waals surface area contributed by atoms with Crippen LogP contribution in [0.3, 0.4) is 0 Å². The van der Waals surface area contributed by atoms with Crippen LogP contribution in [0.5, 0.6) is 0 Å². The Hall–Kier alpha value is -1.08. The van der Waals surface area contributed by atoms with Gasteiger partial charge in [0.25, 0.3) is 0 Å². The minimum Gasteiger partial charge on any atom is -0.244 e. The maximum atomic E-state index is 5.87. The number of rotatable bonds is 2. The van der Waals surface area contributed by atoms with Crippen molar-refractivity contribution in [1.29, 1.82) is 0 Å². The Bertz CT molecular complexity index is 479. The topological polar surface area (TPSA) is 12.9 Å². The summed E-state index contributed by atoms with van der Waals surface area (Å²) in [5.74, 6) is 0.566. The summed E-state index contributed by atoms with van der Waals surface area (Å²) < 4.78 is 0. The van der Waals surface area contributed by atoms with E-state index in [2.05, 4.69) is 37.0 Å². The molecule has 0 fully saturated rings. The van der Waals surface area contributed by atoms with E-state index in [-0.39, 0.29) is 0 Å². The van der Waals surface area contributed by atoms with Gasteiger partial charge in [-0.15, -0.1) is 0 Å². The molecule has 1 nitrogen and oxygen atoms in total. The van der Waals surface area contributed by atoms with Crippen molar-refractivity contribution in [2.45, 2.75) is 26.2 Å². The maximum Gasteiger partial charge on any atom is 0.129 e. The van der Waals surface area contributed by atoms with Gasteiger partial charge in [0, 0.05) is 11.6 Å². The molecule has 15 heavy (non-hydrogen) atoms. The molecule has 1 aromatic carbocycles. The van der Waals surface area contributed by atoms with Crippen molar-refractivity contribution in [2.24, 2.45) is 0 Å². The zero-order chi connectivity index (χ0) is 10.8. The van der Waals surface area contributed by atoms with Crippen molar-refractivity contribution in [3.05, 3.63) is 41.2 Å². The summed E-state index contributed by atoms with van der Waals surface area (Å²) in [5, 5.41) is 2.95. The van der Waals surface area contributed by atoms with E-state index in [1.54, 1.807) is 0 Å². The van der Waals surface area contributed by atoms with E-state index in [0.29, 0.717) is 11.1 Å². The smallest absolute Gasteiger partial charge is 0.129 e. The van der Waals surface area contributed by atoms with Crippen molar-refractivity contribution in [3.63, 3.8) is 0 Å². The highest BCUT2D eigenvalue weighted by Crippen LogP contribution is 2.27. The molecule has 0 aliphatic rings. The quantitative estimate of drug-likeness (QED) is 0.683. The molecule has 0 spiro atoms. The predicted molar refractivity (Wildman–Crippen MR) is 65.5 cm³/mol. The molecule has 1 unspecified atom stereocenters. The average molecular weight is 220 g/mol. The average Bonchev–Trinajstić information content (AvgIpc) is 2.26. The number of pyridine rings is 1. The number of hydrogen-bond acceptors (Lipinski definition) is 1. The molecule has 0 N–H and O–H groups in total. The molecule has 2 rings (SSSR count). The molecule has 2 heteroatoms. The van der Waals surface area contributed by atoms with Crippen LogP contribution in [0.25, 0.3) is 10.8 Å². The van der Waals surface area contributed by atoms with Gasteiger partial charge < -0.3 is 0 Å². The lowest BCUT2D eigenvalue weighted by Crippen LogP contribution is -1.93. The van der Waals surface area contributed by atoms with Crippen LogP contribution in [-0.4, -0.2) is 4.98 Å². The Labute approximate surface area is 95.1 Å². The molecule has 1 atom stereocenters. The lowest BCUT2D eigenvalue weighted by molar-refractivity contribution is 0.739. The lowest BCUT2D eigenvalue weighted by atomic mass is 9.94. The summed E-state index contributed by atoms with van der Waals surface area (Å²) in [6.45, 7) is 4.44. The first kappa shape index (κ1) is 10.4. The fraction of sp³-hybridized carbons (Fsp3) is 0.308. The molecule has 0 saturated heterocycles. The largest absolute Gasteiger partial charge is 0.244 e. The highest BCUT2D eigenvalue weighted by molar-refractivity contribution is 6.30.